The van der Waals surface area contributed by atoms with E-state index in [0.29, 0.717) is 11.3 Å². The van der Waals surface area contributed by atoms with Gasteiger partial charge in [-0.25, -0.2) is 8.78 Å². The van der Waals surface area contributed by atoms with E-state index in [-0.39, 0.29) is 11.8 Å². The van der Waals surface area contributed by atoms with E-state index >= 15 is 8.78 Å². The zero-order chi connectivity index (χ0) is 26.5. The van der Waals surface area contributed by atoms with Gasteiger partial charge in [0.2, 0.25) is 11.8 Å². The van der Waals surface area contributed by atoms with Gasteiger partial charge in [-0.15, -0.1) is 10.2 Å². The average Bonchev–Trinajstić information content (AvgIpc) is 3.40. The van der Waals surface area contributed by atoms with Gasteiger partial charge in [0.1, 0.15) is 12.2 Å². The van der Waals surface area contributed by atoms with Gasteiger partial charge in [-0.05, 0) is 37.5 Å². The quantitative estimate of drug-likeness (QED) is 0.437. The molecule has 2 aliphatic rings. The van der Waals surface area contributed by atoms with E-state index in [4.69, 9.17) is 9.15 Å². The number of aryl methyl sites for hydroxylation is 2. The number of nitriles is 1. The van der Waals surface area contributed by atoms with Crippen LogP contribution in [-0.4, -0.2) is 33.2 Å². The summed E-state index contributed by atoms with van der Waals surface area (Å²) >= 11 is 0. The van der Waals surface area contributed by atoms with Crippen LogP contribution >= 0.6 is 0 Å². The highest BCUT2D eigenvalue weighted by molar-refractivity contribution is 5.85. The highest BCUT2D eigenvalue weighted by Crippen LogP contribution is 2.59. The maximum absolute atomic E-state index is 15.4. The molecule has 1 aromatic carbocycles. The highest BCUT2D eigenvalue weighted by atomic mass is 19.3. The normalized spacial score (nSPS) is 28.6. The number of ether oxygens (including phenoxy) is 1. The van der Waals surface area contributed by atoms with Gasteiger partial charge in [-0.1, -0.05) is 37.3 Å². The molecular weight excluding hydrogens is 478 g/mol. The smallest absolute Gasteiger partial charge is 0.322 e. The Balaban J connectivity index is 1.51. The number of pyridine rings is 1. The van der Waals surface area contributed by atoms with Crippen LogP contribution in [0.15, 0.2) is 47.0 Å². The van der Waals surface area contributed by atoms with E-state index in [2.05, 4.69) is 21.3 Å². The second-order valence-electron chi connectivity index (χ2n) is 9.98. The number of fused-ring (bicyclic) bond motifs is 1. The van der Waals surface area contributed by atoms with Crippen molar-refractivity contribution in [2.45, 2.75) is 51.6 Å². The second kappa shape index (κ2) is 8.87. The van der Waals surface area contributed by atoms with Gasteiger partial charge in [0.25, 0.3) is 5.92 Å². The van der Waals surface area contributed by atoms with Crippen molar-refractivity contribution in [3.63, 3.8) is 0 Å². The first kappa shape index (κ1) is 24.8. The largest absolute Gasteiger partial charge is 0.461 e. The number of aromatic nitrogens is 3. The van der Waals surface area contributed by atoms with Crippen molar-refractivity contribution in [2.24, 2.45) is 17.8 Å². The fourth-order valence-corrected chi connectivity index (χ4v) is 5.84. The highest BCUT2D eigenvalue weighted by Gasteiger charge is 2.71. The minimum atomic E-state index is -3.17. The lowest BCUT2D eigenvalue weighted by Crippen LogP contribution is -2.56. The molecule has 1 saturated heterocycles. The molecule has 0 bridgehead atoms. The van der Waals surface area contributed by atoms with Crippen LogP contribution in [0.1, 0.15) is 48.9 Å². The molecule has 1 aliphatic carbocycles. The van der Waals surface area contributed by atoms with Gasteiger partial charge in [0, 0.05) is 42.5 Å². The summed E-state index contributed by atoms with van der Waals surface area (Å²) in [4.78, 5) is 17.6. The zero-order valence-electron chi connectivity index (χ0n) is 20.9. The van der Waals surface area contributed by atoms with E-state index in [1.165, 1.54) is 6.92 Å². The molecule has 7 nitrogen and oxygen atoms in total. The zero-order valence-corrected chi connectivity index (χ0v) is 20.9. The van der Waals surface area contributed by atoms with Crippen LogP contribution in [0.3, 0.4) is 0 Å². The third-order valence-corrected chi connectivity index (χ3v) is 7.78. The van der Waals surface area contributed by atoms with E-state index in [1.807, 2.05) is 31.2 Å². The SMILES string of the molecule is Cc1nnc([C@@]23CC(F)(F)[C@@H](C)[C@H](/C=C/c4ccc(-c5cccc(C)c5C#N)cn4)[C@@H]2[C@@H](C)OC3=O)o1. The van der Waals surface area contributed by atoms with E-state index in [1.54, 1.807) is 38.3 Å². The summed E-state index contributed by atoms with van der Waals surface area (Å²) in [5, 5.41) is 17.3. The lowest BCUT2D eigenvalue weighted by molar-refractivity contribution is -0.159. The van der Waals surface area contributed by atoms with Crippen molar-refractivity contribution < 1.29 is 22.7 Å². The summed E-state index contributed by atoms with van der Waals surface area (Å²) < 4.78 is 41.9. The fraction of sp³-hybridized carbons (Fsp3) is 0.393. The van der Waals surface area contributed by atoms with Crippen LogP contribution in [0.2, 0.25) is 0 Å². The number of rotatable bonds is 4. The Kier molecular flexibility index (Phi) is 5.94. The molecule has 1 saturated carbocycles. The summed E-state index contributed by atoms with van der Waals surface area (Å²) in [5.74, 6) is -6.26. The minimum Gasteiger partial charge on any atom is -0.461 e. The number of benzene rings is 1. The molecule has 3 heterocycles. The number of carbonyl (C=O) groups is 1. The summed E-state index contributed by atoms with van der Waals surface area (Å²) in [6.07, 6.45) is 3.67. The molecule has 1 aliphatic heterocycles. The van der Waals surface area contributed by atoms with Gasteiger partial charge in [0.15, 0.2) is 5.41 Å². The third kappa shape index (κ3) is 3.91. The molecule has 0 radical (unpaired) electrons. The Bertz CT molecular complexity index is 1430. The third-order valence-electron chi connectivity index (χ3n) is 7.78. The van der Waals surface area contributed by atoms with E-state index in [9.17, 15) is 10.1 Å². The minimum absolute atomic E-state index is 0.122. The number of carbonyl (C=O) groups excluding carboxylic acids is 1. The number of esters is 1. The molecule has 0 unspecified atom stereocenters. The van der Waals surface area contributed by atoms with Crippen molar-refractivity contribution >= 4 is 12.0 Å². The number of halogens is 2. The van der Waals surface area contributed by atoms with Crippen LogP contribution in [0.4, 0.5) is 8.78 Å². The Morgan fingerprint density at radius 1 is 1.16 bits per heavy atom. The van der Waals surface area contributed by atoms with Crippen LogP contribution in [0.5, 0.6) is 0 Å². The van der Waals surface area contributed by atoms with E-state index in [0.717, 1.165) is 16.7 Å². The van der Waals surface area contributed by atoms with Crippen LogP contribution in [-0.2, 0) is 14.9 Å². The van der Waals surface area contributed by atoms with Crippen molar-refractivity contribution in [1.82, 2.24) is 15.2 Å². The first-order valence-electron chi connectivity index (χ1n) is 12.1. The molecule has 5 rings (SSSR count). The predicted molar refractivity (Wildman–Crippen MR) is 130 cm³/mol. The Hall–Kier alpha value is -3.93. The fourth-order valence-electron chi connectivity index (χ4n) is 5.84. The molecule has 0 N–H and O–H groups in total. The standard InChI is InChI=1S/C28H26F2N4O3/c1-15-6-5-7-22(23(15)12-31)19-8-9-20(32-13-19)10-11-21-16(2)28(29,30)14-27(25-34-33-18(4)37-25)24(21)17(3)36-26(27)35/h5-11,13,16-17,21,24H,14H2,1-4H3/b11-10+/t16-,17+,21-,24-,27+/m0/s1. The van der Waals surface area contributed by atoms with Crippen LogP contribution < -0.4 is 0 Å². The lowest BCUT2D eigenvalue weighted by atomic mass is 9.56. The number of alkyl halides is 2. The molecule has 190 valence electrons. The molecule has 3 aromatic rings. The average molecular weight is 505 g/mol. The van der Waals surface area contributed by atoms with Crippen molar-refractivity contribution in [1.29, 1.82) is 5.26 Å². The van der Waals surface area contributed by atoms with Crippen molar-refractivity contribution in [2.75, 3.05) is 0 Å². The molecule has 0 spiro atoms. The van der Waals surface area contributed by atoms with Gasteiger partial charge < -0.3 is 9.15 Å². The maximum Gasteiger partial charge on any atom is 0.322 e. The van der Waals surface area contributed by atoms with Crippen molar-refractivity contribution in [3.05, 3.63) is 71.2 Å². The van der Waals surface area contributed by atoms with Gasteiger partial charge >= 0.3 is 5.97 Å². The monoisotopic (exact) mass is 504 g/mol. The van der Waals surface area contributed by atoms with Crippen molar-refractivity contribution in [3.8, 4) is 17.2 Å². The summed E-state index contributed by atoms with van der Waals surface area (Å²) in [7, 11) is 0. The summed E-state index contributed by atoms with van der Waals surface area (Å²) in [5.41, 5.74) is 1.86. The number of cyclic esters (lactones) is 1. The van der Waals surface area contributed by atoms with Crippen LogP contribution in [0.25, 0.3) is 17.2 Å². The molecule has 37 heavy (non-hydrogen) atoms. The van der Waals surface area contributed by atoms with Gasteiger partial charge in [-0.3, -0.25) is 9.78 Å². The number of hydrogen-bond acceptors (Lipinski definition) is 7. The second-order valence-corrected chi connectivity index (χ2v) is 9.98. The lowest BCUT2D eigenvalue weighted by Gasteiger charge is -2.46. The topological polar surface area (TPSA) is 102 Å². The molecular formula is C28H26F2N4O3. The summed E-state index contributed by atoms with van der Waals surface area (Å²) in [6.45, 7) is 6.64. The first-order valence-corrected chi connectivity index (χ1v) is 12.1. The van der Waals surface area contributed by atoms with Gasteiger partial charge in [0.05, 0.1) is 11.3 Å². The Morgan fingerprint density at radius 2 is 1.95 bits per heavy atom. The Morgan fingerprint density at radius 3 is 2.59 bits per heavy atom. The first-order chi connectivity index (χ1) is 17.6. The van der Waals surface area contributed by atoms with Gasteiger partial charge in [-0.2, -0.15) is 5.26 Å². The molecule has 9 heteroatoms. The van der Waals surface area contributed by atoms with E-state index < -0.39 is 47.6 Å². The van der Waals surface area contributed by atoms with Crippen LogP contribution in [0, 0.1) is 42.9 Å². The summed E-state index contributed by atoms with van der Waals surface area (Å²) in [6, 6.07) is 11.5. The molecule has 5 atom stereocenters. The number of allylic oxidation sites excluding steroid dienone is 1. The predicted octanol–water partition coefficient (Wildman–Crippen LogP) is 5.42. The molecule has 2 fully saturated rings. The number of nitrogens with zero attached hydrogens (tertiary/aromatic N) is 4. The maximum atomic E-state index is 15.4. The molecule has 0 amide bonds. The molecule has 2 aromatic heterocycles. The number of hydrogen-bond donors (Lipinski definition) is 0. The Labute approximate surface area is 213 Å².